The minimum Gasteiger partial charge on any atom is -0.479 e. The number of hydrogen-bond donors (Lipinski definition) is 2. The minimum atomic E-state index is 0.0357. The zero-order valence-corrected chi connectivity index (χ0v) is 13.4. The Kier molecular flexibility index (Phi) is 6.09. The van der Waals surface area contributed by atoms with Crippen molar-refractivity contribution in [2.45, 2.75) is 6.92 Å². The van der Waals surface area contributed by atoms with Crippen LogP contribution in [-0.2, 0) is 0 Å². The molecule has 2 aromatic carbocycles. The maximum absolute atomic E-state index is 8.45. The Hall–Kier alpha value is -2.91. The van der Waals surface area contributed by atoms with Crippen LogP contribution in [0.2, 0.25) is 0 Å². The molecule has 0 aromatic heterocycles. The van der Waals surface area contributed by atoms with Crippen LogP contribution >= 0.6 is 12.2 Å². The number of thiocarbonyl (C=S) groups is 1. The van der Waals surface area contributed by atoms with Crippen molar-refractivity contribution in [2.75, 3.05) is 11.9 Å². The lowest BCUT2D eigenvalue weighted by atomic mass is 10.2. The minimum absolute atomic E-state index is 0.0357. The van der Waals surface area contributed by atoms with Crippen molar-refractivity contribution < 1.29 is 4.74 Å². The molecule has 0 aliphatic carbocycles. The second-order valence-corrected chi connectivity index (χ2v) is 5.11. The summed E-state index contributed by atoms with van der Waals surface area (Å²) in [5.41, 5.74) is 5.74. The van der Waals surface area contributed by atoms with E-state index in [1.165, 1.54) is 5.56 Å². The summed E-state index contributed by atoms with van der Waals surface area (Å²) in [6.07, 6.45) is 1.65. The topological polar surface area (TPSA) is 69.4 Å². The van der Waals surface area contributed by atoms with Gasteiger partial charge in [-0.05, 0) is 61.1 Å². The fraction of sp³-hybridized carbons (Fsp3) is 0.118. The lowest BCUT2D eigenvalue weighted by Gasteiger charge is -2.07. The predicted octanol–water partition coefficient (Wildman–Crippen LogP) is 3.22. The molecule has 2 N–H and O–H groups in total. The number of nitrogens with zero attached hydrogens (tertiary/aromatic N) is 2. The van der Waals surface area contributed by atoms with Crippen LogP contribution in [-0.4, -0.2) is 17.9 Å². The Morgan fingerprint density at radius 1 is 1.22 bits per heavy atom. The van der Waals surface area contributed by atoms with E-state index in [1.54, 1.807) is 18.3 Å². The smallest absolute Gasteiger partial charge is 0.191 e. The van der Waals surface area contributed by atoms with Crippen LogP contribution < -0.4 is 15.5 Å². The van der Waals surface area contributed by atoms with Crippen molar-refractivity contribution in [1.82, 2.24) is 5.43 Å². The van der Waals surface area contributed by atoms with E-state index in [-0.39, 0.29) is 6.61 Å². The average Bonchev–Trinajstić information content (AvgIpc) is 2.56. The third-order valence-electron chi connectivity index (χ3n) is 2.87. The fourth-order valence-corrected chi connectivity index (χ4v) is 1.90. The first-order valence-electron chi connectivity index (χ1n) is 6.94. The van der Waals surface area contributed by atoms with Gasteiger partial charge in [0.25, 0.3) is 0 Å². The molecule has 0 fully saturated rings. The van der Waals surface area contributed by atoms with Crippen LogP contribution in [0.5, 0.6) is 5.75 Å². The quantitative estimate of drug-likeness (QED) is 0.502. The molecule has 0 aliphatic heterocycles. The number of nitriles is 1. The molecule has 5 nitrogen and oxygen atoms in total. The molecule has 2 aromatic rings. The summed E-state index contributed by atoms with van der Waals surface area (Å²) in [5, 5.41) is 16.0. The van der Waals surface area contributed by atoms with E-state index in [0.717, 1.165) is 11.3 Å². The van der Waals surface area contributed by atoms with Gasteiger partial charge in [-0.15, -0.1) is 0 Å². The molecule has 0 saturated carbocycles. The van der Waals surface area contributed by atoms with E-state index < -0.39 is 0 Å². The first kappa shape index (κ1) is 16.5. The Bertz CT molecular complexity index is 718. The van der Waals surface area contributed by atoms with Gasteiger partial charge >= 0.3 is 0 Å². The number of hydrogen-bond acceptors (Lipinski definition) is 4. The van der Waals surface area contributed by atoms with Crippen LogP contribution in [0, 0.1) is 18.3 Å². The van der Waals surface area contributed by atoms with Gasteiger partial charge in [0.05, 0.1) is 6.21 Å². The van der Waals surface area contributed by atoms with Gasteiger partial charge < -0.3 is 10.1 Å². The molecule has 2 rings (SSSR count). The second kappa shape index (κ2) is 8.51. The van der Waals surface area contributed by atoms with Crippen molar-refractivity contribution in [1.29, 1.82) is 5.26 Å². The summed E-state index contributed by atoms with van der Waals surface area (Å²) >= 11 is 5.17. The van der Waals surface area contributed by atoms with Gasteiger partial charge in [-0.2, -0.15) is 10.4 Å². The number of ether oxygens (including phenoxy) is 1. The fourth-order valence-electron chi connectivity index (χ4n) is 1.73. The molecule has 0 saturated heterocycles. The van der Waals surface area contributed by atoms with Crippen molar-refractivity contribution in [2.24, 2.45) is 5.10 Å². The van der Waals surface area contributed by atoms with Crippen molar-refractivity contribution in [3.05, 3.63) is 59.7 Å². The number of aryl methyl sites for hydroxylation is 1. The van der Waals surface area contributed by atoms with E-state index in [0.29, 0.717) is 10.9 Å². The maximum atomic E-state index is 8.45. The molecule has 0 atom stereocenters. The summed E-state index contributed by atoms with van der Waals surface area (Å²) in [6.45, 7) is 2.06. The highest BCUT2D eigenvalue weighted by atomic mass is 32.1. The number of benzene rings is 2. The van der Waals surface area contributed by atoms with Gasteiger partial charge in [0.15, 0.2) is 11.7 Å². The van der Waals surface area contributed by atoms with Crippen LogP contribution in [0.25, 0.3) is 0 Å². The Morgan fingerprint density at radius 3 is 2.57 bits per heavy atom. The summed E-state index contributed by atoms with van der Waals surface area (Å²) in [4.78, 5) is 0. The van der Waals surface area contributed by atoms with Crippen molar-refractivity contribution in [3.63, 3.8) is 0 Å². The molecule has 0 spiro atoms. The highest BCUT2D eigenvalue weighted by Crippen LogP contribution is 2.11. The largest absolute Gasteiger partial charge is 0.479 e. The first-order chi connectivity index (χ1) is 11.2. The first-order valence-corrected chi connectivity index (χ1v) is 7.35. The average molecular weight is 324 g/mol. The summed E-state index contributed by atoms with van der Waals surface area (Å²) in [5.74, 6) is 0.646. The molecule has 0 amide bonds. The third kappa shape index (κ3) is 5.77. The highest BCUT2D eigenvalue weighted by Gasteiger charge is 1.96. The molecule has 0 bridgehead atoms. The maximum Gasteiger partial charge on any atom is 0.191 e. The van der Waals surface area contributed by atoms with Gasteiger partial charge in [0, 0.05) is 5.69 Å². The lowest BCUT2D eigenvalue weighted by Crippen LogP contribution is -2.23. The molecule has 6 heteroatoms. The molecule has 116 valence electrons. The summed E-state index contributed by atoms with van der Waals surface area (Å²) in [6, 6.07) is 17.1. The molecule has 0 aliphatic rings. The van der Waals surface area contributed by atoms with E-state index in [4.69, 9.17) is 22.2 Å². The van der Waals surface area contributed by atoms with E-state index in [1.807, 2.05) is 49.4 Å². The number of anilines is 1. The number of rotatable bonds is 5. The van der Waals surface area contributed by atoms with Crippen LogP contribution in [0.4, 0.5) is 5.69 Å². The van der Waals surface area contributed by atoms with Gasteiger partial charge in [0.1, 0.15) is 11.8 Å². The van der Waals surface area contributed by atoms with Crippen LogP contribution in [0.3, 0.4) is 0 Å². The third-order valence-corrected chi connectivity index (χ3v) is 3.07. The second-order valence-electron chi connectivity index (χ2n) is 4.71. The highest BCUT2D eigenvalue weighted by molar-refractivity contribution is 7.80. The summed E-state index contributed by atoms with van der Waals surface area (Å²) < 4.78 is 5.18. The zero-order valence-electron chi connectivity index (χ0n) is 12.6. The SMILES string of the molecule is Cc1ccc(NC(=S)N/N=C\c2ccc(OCC#N)cc2)cc1. The van der Waals surface area contributed by atoms with Crippen LogP contribution in [0.1, 0.15) is 11.1 Å². The lowest BCUT2D eigenvalue weighted by molar-refractivity contribution is 0.368. The molecule has 0 radical (unpaired) electrons. The standard InChI is InChI=1S/C17H16N4OS/c1-13-2-6-15(7-3-13)20-17(23)21-19-12-14-4-8-16(9-5-14)22-11-10-18/h2-9,12H,11H2,1H3,(H2,20,21,23)/b19-12-. The molecular formula is C17H16N4OS. The Morgan fingerprint density at radius 2 is 1.91 bits per heavy atom. The molecule has 0 unspecified atom stereocenters. The predicted molar refractivity (Wildman–Crippen MR) is 95.7 cm³/mol. The van der Waals surface area contributed by atoms with E-state index >= 15 is 0 Å². The number of hydrazone groups is 1. The van der Waals surface area contributed by atoms with Crippen molar-refractivity contribution in [3.8, 4) is 11.8 Å². The zero-order chi connectivity index (χ0) is 16.5. The van der Waals surface area contributed by atoms with Crippen LogP contribution in [0.15, 0.2) is 53.6 Å². The Balaban J connectivity index is 1.82. The van der Waals surface area contributed by atoms with Gasteiger partial charge in [-0.1, -0.05) is 17.7 Å². The Labute approximate surface area is 140 Å². The monoisotopic (exact) mass is 324 g/mol. The van der Waals surface area contributed by atoms with Crippen molar-refractivity contribution >= 4 is 29.2 Å². The molecule has 0 heterocycles. The van der Waals surface area contributed by atoms with Gasteiger partial charge in [0.2, 0.25) is 0 Å². The van der Waals surface area contributed by atoms with Gasteiger partial charge in [-0.25, -0.2) is 0 Å². The normalized spacial score (nSPS) is 10.1. The van der Waals surface area contributed by atoms with E-state index in [9.17, 15) is 0 Å². The molecule has 23 heavy (non-hydrogen) atoms. The van der Waals surface area contributed by atoms with E-state index in [2.05, 4.69) is 15.8 Å². The van der Waals surface area contributed by atoms with Gasteiger partial charge in [-0.3, -0.25) is 5.43 Å². The molecular weight excluding hydrogens is 308 g/mol. The number of nitrogens with one attached hydrogen (secondary N) is 2. The summed E-state index contributed by atoms with van der Waals surface area (Å²) in [7, 11) is 0.